The van der Waals surface area contributed by atoms with Gasteiger partial charge in [0.25, 0.3) is 0 Å². The molecule has 2 N–H and O–H groups in total. The number of hydrogen-bond acceptors (Lipinski definition) is 3. The molecule has 1 atom stereocenters. The molecule has 1 aliphatic heterocycles. The normalized spacial score (nSPS) is 19.1. The molecule has 0 spiro atoms. The number of nitrogens with zero attached hydrogens (tertiary/aromatic N) is 1. The highest BCUT2D eigenvalue weighted by Crippen LogP contribution is 2.29. The number of benzene rings is 1. The third-order valence-electron chi connectivity index (χ3n) is 3.63. The first-order chi connectivity index (χ1) is 9.65. The van der Waals surface area contributed by atoms with E-state index in [1.807, 2.05) is 25.1 Å². The molecule has 1 amide bonds. The largest absolute Gasteiger partial charge is 0.358 e. The lowest BCUT2D eigenvalue weighted by Crippen LogP contribution is -2.54. The minimum absolute atomic E-state index is 0.0729. The third kappa shape index (κ3) is 3.25. The minimum atomic E-state index is -0.160. The van der Waals surface area contributed by atoms with Gasteiger partial charge < -0.3 is 15.5 Å². The maximum absolute atomic E-state index is 11.8. The Labute approximate surface area is 125 Å². The number of carbonyl (C=O) groups is 1. The summed E-state index contributed by atoms with van der Waals surface area (Å²) in [6, 6.07) is 5.74. The first-order valence-electron chi connectivity index (χ1n) is 7.17. The van der Waals surface area contributed by atoms with Crippen LogP contribution in [0.25, 0.3) is 0 Å². The summed E-state index contributed by atoms with van der Waals surface area (Å²) in [6.45, 7) is 7.25. The number of anilines is 1. The molecule has 1 aromatic rings. The number of amides is 1. The molecule has 2 rings (SSSR count). The molecule has 1 fully saturated rings. The van der Waals surface area contributed by atoms with E-state index in [2.05, 4.69) is 22.5 Å². The summed E-state index contributed by atoms with van der Waals surface area (Å²) in [6.07, 6.45) is 1.09. The van der Waals surface area contributed by atoms with Crippen molar-refractivity contribution in [2.75, 3.05) is 24.5 Å². The van der Waals surface area contributed by atoms with Crippen molar-refractivity contribution in [1.29, 1.82) is 0 Å². The van der Waals surface area contributed by atoms with Crippen molar-refractivity contribution in [3.05, 3.63) is 28.8 Å². The van der Waals surface area contributed by atoms with Crippen molar-refractivity contribution in [1.82, 2.24) is 10.6 Å². The highest BCUT2D eigenvalue weighted by atomic mass is 35.5. The molecule has 0 aromatic heterocycles. The van der Waals surface area contributed by atoms with Crippen molar-refractivity contribution >= 4 is 23.2 Å². The van der Waals surface area contributed by atoms with Crippen LogP contribution in [0.2, 0.25) is 5.02 Å². The fourth-order valence-corrected chi connectivity index (χ4v) is 2.73. The van der Waals surface area contributed by atoms with Gasteiger partial charge in [0.05, 0.1) is 0 Å². The van der Waals surface area contributed by atoms with Gasteiger partial charge in [-0.05, 0) is 32.0 Å². The minimum Gasteiger partial charge on any atom is -0.358 e. The Morgan fingerprint density at radius 3 is 3.05 bits per heavy atom. The highest BCUT2D eigenvalue weighted by molar-refractivity contribution is 6.31. The van der Waals surface area contributed by atoms with Gasteiger partial charge in [-0.2, -0.15) is 0 Å². The second-order valence-corrected chi connectivity index (χ2v) is 5.48. The molecule has 4 nitrogen and oxygen atoms in total. The van der Waals surface area contributed by atoms with Gasteiger partial charge in [-0.1, -0.05) is 24.6 Å². The van der Waals surface area contributed by atoms with Crippen LogP contribution in [0, 0.1) is 0 Å². The van der Waals surface area contributed by atoms with Gasteiger partial charge in [-0.25, -0.2) is 0 Å². The molecule has 1 unspecified atom stereocenters. The molecular formula is C15H22ClN3O. The fourth-order valence-electron chi connectivity index (χ4n) is 2.49. The summed E-state index contributed by atoms with van der Waals surface area (Å²) in [5.41, 5.74) is 2.13. The summed E-state index contributed by atoms with van der Waals surface area (Å²) in [5.74, 6) is 0.0729. The van der Waals surface area contributed by atoms with Crippen LogP contribution in [0.15, 0.2) is 18.2 Å². The second-order valence-electron chi connectivity index (χ2n) is 5.07. The Morgan fingerprint density at radius 1 is 1.50 bits per heavy atom. The van der Waals surface area contributed by atoms with Crippen LogP contribution in [0.1, 0.15) is 25.8 Å². The molecule has 20 heavy (non-hydrogen) atoms. The molecule has 0 bridgehead atoms. The van der Waals surface area contributed by atoms with Crippen LogP contribution < -0.4 is 15.5 Å². The lowest BCUT2D eigenvalue weighted by atomic mass is 10.1. The summed E-state index contributed by atoms with van der Waals surface area (Å²) in [4.78, 5) is 14.0. The zero-order valence-electron chi connectivity index (χ0n) is 12.1. The highest BCUT2D eigenvalue weighted by Gasteiger charge is 2.27. The number of carbonyl (C=O) groups excluding carboxylic acids is 1. The zero-order valence-corrected chi connectivity index (χ0v) is 12.8. The maximum Gasteiger partial charge on any atom is 0.242 e. The quantitative estimate of drug-likeness (QED) is 0.818. The molecule has 110 valence electrons. The molecule has 1 aliphatic rings. The molecular weight excluding hydrogens is 274 g/mol. The van der Waals surface area contributed by atoms with Gasteiger partial charge >= 0.3 is 0 Å². The SMILES string of the molecule is CCCNCc1c(Cl)cccc1N1CCNC(=O)C1C. The molecule has 0 radical (unpaired) electrons. The van der Waals surface area contributed by atoms with Gasteiger partial charge in [0.1, 0.15) is 6.04 Å². The smallest absolute Gasteiger partial charge is 0.242 e. The molecule has 0 saturated carbocycles. The van der Waals surface area contributed by atoms with Crippen LogP contribution in [-0.2, 0) is 11.3 Å². The lowest BCUT2D eigenvalue weighted by molar-refractivity contribution is -0.122. The Kier molecular flexibility index (Phi) is 5.26. The number of nitrogens with one attached hydrogen (secondary N) is 2. The Hall–Kier alpha value is -1.26. The molecule has 5 heteroatoms. The van der Waals surface area contributed by atoms with Crippen LogP contribution in [0.3, 0.4) is 0 Å². The first-order valence-corrected chi connectivity index (χ1v) is 7.55. The van der Waals surface area contributed by atoms with Gasteiger partial charge in [-0.3, -0.25) is 4.79 Å². The van der Waals surface area contributed by atoms with Gasteiger partial charge in [0.15, 0.2) is 0 Å². The van der Waals surface area contributed by atoms with Crippen LogP contribution in [0.5, 0.6) is 0 Å². The van der Waals surface area contributed by atoms with E-state index in [1.54, 1.807) is 0 Å². The van der Waals surface area contributed by atoms with Gasteiger partial charge in [-0.15, -0.1) is 0 Å². The van der Waals surface area contributed by atoms with Crippen LogP contribution in [-0.4, -0.2) is 31.6 Å². The van der Waals surface area contributed by atoms with E-state index >= 15 is 0 Å². The Morgan fingerprint density at radius 2 is 2.30 bits per heavy atom. The van der Waals surface area contributed by atoms with Crippen LogP contribution >= 0.6 is 11.6 Å². The summed E-state index contributed by atoms with van der Waals surface area (Å²) in [5, 5.41) is 7.03. The van der Waals surface area contributed by atoms with Crippen molar-refractivity contribution in [2.45, 2.75) is 32.9 Å². The predicted molar refractivity (Wildman–Crippen MR) is 83.3 cm³/mol. The predicted octanol–water partition coefficient (Wildman–Crippen LogP) is 2.16. The number of halogens is 1. The lowest BCUT2D eigenvalue weighted by Gasteiger charge is -2.36. The van der Waals surface area contributed by atoms with E-state index < -0.39 is 0 Å². The van der Waals surface area contributed by atoms with E-state index in [9.17, 15) is 4.79 Å². The van der Waals surface area contributed by atoms with E-state index in [4.69, 9.17) is 11.6 Å². The second kappa shape index (κ2) is 6.95. The topological polar surface area (TPSA) is 44.4 Å². The summed E-state index contributed by atoms with van der Waals surface area (Å²) >= 11 is 6.34. The van der Waals surface area contributed by atoms with Gasteiger partial charge in [0.2, 0.25) is 5.91 Å². The molecule has 1 aromatic carbocycles. The number of piperazine rings is 1. The third-order valence-corrected chi connectivity index (χ3v) is 3.99. The van der Waals surface area contributed by atoms with Crippen LogP contribution in [0.4, 0.5) is 5.69 Å². The summed E-state index contributed by atoms with van der Waals surface area (Å²) in [7, 11) is 0. The average molecular weight is 296 g/mol. The van der Waals surface area contributed by atoms with Crippen molar-refractivity contribution in [3.8, 4) is 0 Å². The van der Waals surface area contributed by atoms with E-state index in [-0.39, 0.29) is 11.9 Å². The van der Waals surface area contributed by atoms with E-state index in [0.29, 0.717) is 6.54 Å². The maximum atomic E-state index is 11.8. The molecule has 1 heterocycles. The molecule has 0 aliphatic carbocycles. The standard InChI is InChI=1S/C15H22ClN3O/c1-3-7-17-10-12-13(16)5-4-6-14(12)19-9-8-18-15(20)11(19)2/h4-6,11,17H,3,7-10H2,1-2H3,(H,18,20). The number of rotatable bonds is 5. The Bertz CT molecular complexity index is 478. The van der Waals surface area contributed by atoms with E-state index in [0.717, 1.165) is 42.3 Å². The first kappa shape index (κ1) is 15.1. The zero-order chi connectivity index (χ0) is 14.5. The van der Waals surface area contributed by atoms with Gasteiger partial charge in [0, 0.05) is 35.9 Å². The number of hydrogen-bond donors (Lipinski definition) is 2. The van der Waals surface area contributed by atoms with Crippen molar-refractivity contribution in [2.24, 2.45) is 0 Å². The Balaban J connectivity index is 2.25. The average Bonchev–Trinajstić information content (AvgIpc) is 2.44. The van der Waals surface area contributed by atoms with Crippen molar-refractivity contribution < 1.29 is 4.79 Å². The van der Waals surface area contributed by atoms with E-state index in [1.165, 1.54) is 0 Å². The molecule has 1 saturated heterocycles. The fraction of sp³-hybridized carbons (Fsp3) is 0.533. The monoisotopic (exact) mass is 295 g/mol. The van der Waals surface area contributed by atoms with Crippen molar-refractivity contribution in [3.63, 3.8) is 0 Å². The summed E-state index contributed by atoms with van der Waals surface area (Å²) < 4.78 is 0.